The van der Waals surface area contributed by atoms with Gasteiger partial charge >= 0.3 is 0 Å². The van der Waals surface area contributed by atoms with Gasteiger partial charge in [0.1, 0.15) is 19.8 Å². The van der Waals surface area contributed by atoms with Gasteiger partial charge in [0, 0.05) is 12.6 Å². The Balaban J connectivity index is 1.65. The third-order valence-electron chi connectivity index (χ3n) is 3.94. The lowest BCUT2D eigenvalue weighted by Crippen LogP contribution is -2.31. The summed E-state index contributed by atoms with van der Waals surface area (Å²) in [5.74, 6) is 0.933. The number of benzene rings is 2. The minimum atomic E-state index is -0.432. The zero-order chi connectivity index (χ0) is 18.5. The largest absolute Gasteiger partial charge is 0.493 e. The van der Waals surface area contributed by atoms with Crippen LogP contribution < -0.4 is 18.9 Å². The van der Waals surface area contributed by atoms with Crippen molar-refractivity contribution in [2.45, 2.75) is 0 Å². The number of halogens is 1. The molecule has 0 fully saturated rings. The van der Waals surface area contributed by atoms with Gasteiger partial charge in [0.25, 0.3) is 5.91 Å². The van der Waals surface area contributed by atoms with Crippen molar-refractivity contribution in [1.29, 1.82) is 0 Å². The van der Waals surface area contributed by atoms with Gasteiger partial charge < -0.3 is 23.8 Å². The normalized spacial score (nSPS) is 12.4. The molecule has 3 rings (SSSR count). The number of ether oxygens (including phenoxy) is 4. The molecular formula is C19H20FNO5. The van der Waals surface area contributed by atoms with Crippen LogP contribution in [0, 0.1) is 5.82 Å². The Kier molecular flexibility index (Phi) is 5.46. The van der Waals surface area contributed by atoms with Crippen LogP contribution in [0.4, 0.5) is 4.39 Å². The van der Waals surface area contributed by atoms with E-state index in [1.165, 1.54) is 18.1 Å². The fraction of sp³-hybridized carbons (Fsp3) is 0.316. The molecule has 0 atom stereocenters. The van der Waals surface area contributed by atoms with E-state index in [4.69, 9.17) is 18.9 Å². The first-order valence-electron chi connectivity index (χ1n) is 8.20. The standard InChI is InChI=1S/C19H20FNO5/c1-21(7-8-24-15-6-4-3-5-14(15)20)19(22)13-11-16(23-2)18-17(12-13)25-9-10-26-18/h3-6,11-12H,7-10H2,1-2H3. The quantitative estimate of drug-likeness (QED) is 0.792. The highest BCUT2D eigenvalue weighted by Gasteiger charge is 2.22. The van der Waals surface area contributed by atoms with E-state index in [9.17, 15) is 9.18 Å². The number of rotatable bonds is 6. The van der Waals surface area contributed by atoms with Crippen molar-refractivity contribution in [1.82, 2.24) is 4.90 Å². The van der Waals surface area contributed by atoms with Crippen molar-refractivity contribution < 1.29 is 28.1 Å². The summed E-state index contributed by atoms with van der Waals surface area (Å²) in [7, 11) is 3.16. The molecule has 7 heteroatoms. The summed E-state index contributed by atoms with van der Waals surface area (Å²) < 4.78 is 35.3. The molecule has 0 radical (unpaired) electrons. The van der Waals surface area contributed by atoms with Gasteiger partial charge in [-0.05, 0) is 24.3 Å². The van der Waals surface area contributed by atoms with Crippen LogP contribution in [0.3, 0.4) is 0 Å². The number of carbonyl (C=O) groups is 1. The molecule has 0 N–H and O–H groups in total. The molecule has 0 aromatic heterocycles. The van der Waals surface area contributed by atoms with Crippen LogP contribution >= 0.6 is 0 Å². The first-order chi connectivity index (χ1) is 12.6. The average Bonchev–Trinajstić information content (AvgIpc) is 2.67. The zero-order valence-corrected chi connectivity index (χ0v) is 14.7. The predicted octanol–water partition coefficient (Wildman–Crippen LogP) is 2.76. The molecule has 0 aliphatic carbocycles. The van der Waals surface area contributed by atoms with Gasteiger partial charge in [-0.25, -0.2) is 4.39 Å². The maximum absolute atomic E-state index is 13.5. The minimum Gasteiger partial charge on any atom is -0.493 e. The van der Waals surface area contributed by atoms with Gasteiger partial charge in [0.2, 0.25) is 5.75 Å². The van der Waals surface area contributed by atoms with E-state index in [-0.39, 0.29) is 18.3 Å². The Labute approximate surface area is 151 Å². The summed E-state index contributed by atoms with van der Waals surface area (Å²) in [4.78, 5) is 14.1. The molecule has 0 spiro atoms. The highest BCUT2D eigenvalue weighted by Crippen LogP contribution is 2.40. The third kappa shape index (κ3) is 3.82. The molecule has 1 amide bonds. The molecule has 6 nitrogen and oxygen atoms in total. The molecule has 2 aromatic carbocycles. The SMILES string of the molecule is COc1cc(C(=O)N(C)CCOc2ccccc2F)cc2c1OCCO2. The first kappa shape index (κ1) is 17.8. The van der Waals surface area contributed by atoms with E-state index in [0.717, 1.165) is 0 Å². The van der Waals surface area contributed by atoms with Gasteiger partial charge in [-0.3, -0.25) is 4.79 Å². The van der Waals surface area contributed by atoms with Crippen LogP contribution in [-0.2, 0) is 0 Å². The maximum Gasteiger partial charge on any atom is 0.253 e. The summed E-state index contributed by atoms with van der Waals surface area (Å²) in [6.07, 6.45) is 0. The second-order valence-corrected chi connectivity index (χ2v) is 5.71. The molecular weight excluding hydrogens is 341 g/mol. The number of methoxy groups -OCH3 is 1. The predicted molar refractivity (Wildman–Crippen MR) is 92.8 cm³/mol. The first-order valence-corrected chi connectivity index (χ1v) is 8.20. The molecule has 2 aromatic rings. The molecule has 26 heavy (non-hydrogen) atoms. The number of nitrogens with zero attached hydrogens (tertiary/aromatic N) is 1. The maximum atomic E-state index is 13.5. The highest BCUT2D eigenvalue weighted by atomic mass is 19.1. The Bertz CT molecular complexity index is 778. The smallest absolute Gasteiger partial charge is 0.253 e. The van der Waals surface area contributed by atoms with Crippen molar-refractivity contribution in [3.05, 3.63) is 47.8 Å². The number of carbonyl (C=O) groups excluding carboxylic acids is 1. The van der Waals surface area contributed by atoms with Gasteiger partial charge in [-0.15, -0.1) is 0 Å². The summed E-state index contributed by atoms with van der Waals surface area (Å²) in [6, 6.07) is 9.40. The summed E-state index contributed by atoms with van der Waals surface area (Å²) in [6.45, 7) is 1.32. The Morgan fingerprint density at radius 2 is 1.96 bits per heavy atom. The summed E-state index contributed by atoms with van der Waals surface area (Å²) in [5.41, 5.74) is 0.416. The Morgan fingerprint density at radius 1 is 1.19 bits per heavy atom. The molecule has 0 bridgehead atoms. The number of hydrogen-bond acceptors (Lipinski definition) is 5. The van der Waals surface area contributed by atoms with Crippen molar-refractivity contribution in [3.63, 3.8) is 0 Å². The monoisotopic (exact) mass is 361 g/mol. The van der Waals surface area contributed by atoms with E-state index in [1.807, 2.05) is 0 Å². The second-order valence-electron chi connectivity index (χ2n) is 5.71. The van der Waals surface area contributed by atoms with E-state index < -0.39 is 5.82 Å². The number of fused-ring (bicyclic) bond motifs is 1. The van der Waals surface area contributed by atoms with Crippen LogP contribution in [-0.4, -0.2) is 51.3 Å². The molecule has 1 aliphatic heterocycles. The van der Waals surface area contributed by atoms with E-state index in [1.54, 1.807) is 37.4 Å². The van der Waals surface area contributed by atoms with Crippen molar-refractivity contribution in [2.75, 3.05) is 40.5 Å². The van der Waals surface area contributed by atoms with Crippen molar-refractivity contribution in [3.8, 4) is 23.0 Å². The molecule has 138 valence electrons. The number of likely N-dealkylation sites (N-methyl/N-ethyl adjacent to an activating group) is 1. The zero-order valence-electron chi connectivity index (χ0n) is 14.7. The Hall–Kier alpha value is -2.96. The third-order valence-corrected chi connectivity index (χ3v) is 3.94. The lowest BCUT2D eigenvalue weighted by molar-refractivity contribution is 0.0771. The number of amides is 1. The molecule has 0 unspecified atom stereocenters. The van der Waals surface area contributed by atoms with Crippen molar-refractivity contribution >= 4 is 5.91 Å². The summed E-state index contributed by atoms with van der Waals surface area (Å²) in [5, 5.41) is 0. The molecule has 0 saturated carbocycles. The van der Waals surface area contributed by atoms with E-state index in [0.29, 0.717) is 42.6 Å². The fourth-order valence-electron chi connectivity index (χ4n) is 2.57. The number of hydrogen-bond donors (Lipinski definition) is 0. The average molecular weight is 361 g/mol. The van der Waals surface area contributed by atoms with Gasteiger partial charge in [-0.1, -0.05) is 12.1 Å². The van der Waals surface area contributed by atoms with E-state index >= 15 is 0 Å². The topological polar surface area (TPSA) is 57.2 Å². The molecule has 1 aliphatic rings. The Morgan fingerprint density at radius 3 is 2.73 bits per heavy atom. The second kappa shape index (κ2) is 7.95. The van der Waals surface area contributed by atoms with E-state index in [2.05, 4.69) is 0 Å². The van der Waals surface area contributed by atoms with Gasteiger partial charge in [-0.2, -0.15) is 0 Å². The lowest BCUT2D eigenvalue weighted by Gasteiger charge is -2.23. The van der Waals surface area contributed by atoms with Crippen LogP contribution in [0.5, 0.6) is 23.0 Å². The fourth-order valence-corrected chi connectivity index (χ4v) is 2.57. The number of para-hydroxylation sites is 1. The lowest BCUT2D eigenvalue weighted by atomic mass is 10.1. The molecule has 0 saturated heterocycles. The van der Waals surface area contributed by atoms with Gasteiger partial charge in [0.05, 0.1) is 13.7 Å². The van der Waals surface area contributed by atoms with Crippen LogP contribution in [0.15, 0.2) is 36.4 Å². The van der Waals surface area contributed by atoms with Crippen LogP contribution in [0.2, 0.25) is 0 Å². The highest BCUT2D eigenvalue weighted by molar-refractivity contribution is 5.95. The van der Waals surface area contributed by atoms with Crippen LogP contribution in [0.25, 0.3) is 0 Å². The molecule has 1 heterocycles. The van der Waals surface area contributed by atoms with Crippen molar-refractivity contribution in [2.24, 2.45) is 0 Å². The summed E-state index contributed by atoms with van der Waals surface area (Å²) >= 11 is 0. The minimum absolute atomic E-state index is 0.161. The van der Waals surface area contributed by atoms with Gasteiger partial charge in [0.15, 0.2) is 23.1 Å². The van der Waals surface area contributed by atoms with Crippen LogP contribution in [0.1, 0.15) is 10.4 Å².